The average molecular weight is 233 g/mol. The Morgan fingerprint density at radius 3 is 2.71 bits per heavy atom. The molecule has 0 aliphatic carbocycles. The molecule has 0 aromatic heterocycles. The SMILES string of the molecule is OCC#Cc1cc(F)cc(CN2CCCC2)c1. The lowest BCUT2D eigenvalue weighted by Gasteiger charge is -2.14. The standard InChI is InChI=1S/C14H16FNO/c15-14-9-12(4-3-7-17)8-13(10-14)11-16-5-1-2-6-16/h8-10,17H,1-2,5-7,11H2. The van der Waals surface area contributed by atoms with E-state index in [2.05, 4.69) is 16.7 Å². The van der Waals surface area contributed by atoms with Crippen molar-refractivity contribution in [1.82, 2.24) is 4.90 Å². The van der Waals surface area contributed by atoms with Crippen molar-refractivity contribution in [1.29, 1.82) is 0 Å². The van der Waals surface area contributed by atoms with Crippen molar-refractivity contribution in [2.45, 2.75) is 19.4 Å². The van der Waals surface area contributed by atoms with Crippen LogP contribution in [0.4, 0.5) is 4.39 Å². The summed E-state index contributed by atoms with van der Waals surface area (Å²) in [5.41, 5.74) is 1.59. The Kier molecular flexibility index (Phi) is 4.13. The van der Waals surface area contributed by atoms with Crippen LogP contribution in [0.15, 0.2) is 18.2 Å². The molecule has 1 aliphatic heterocycles. The largest absolute Gasteiger partial charge is 0.384 e. The molecule has 1 N–H and O–H groups in total. The minimum absolute atomic E-state index is 0.196. The lowest BCUT2D eigenvalue weighted by atomic mass is 10.1. The van der Waals surface area contributed by atoms with E-state index in [-0.39, 0.29) is 12.4 Å². The van der Waals surface area contributed by atoms with Gasteiger partial charge in [0.2, 0.25) is 0 Å². The summed E-state index contributed by atoms with van der Waals surface area (Å²) < 4.78 is 13.4. The van der Waals surface area contributed by atoms with Gasteiger partial charge in [-0.25, -0.2) is 4.39 Å². The predicted octanol–water partition coefficient (Wildman–Crippen LogP) is 1.77. The first kappa shape index (κ1) is 12.1. The first-order valence-electron chi connectivity index (χ1n) is 5.89. The third kappa shape index (κ3) is 3.55. The number of aliphatic hydroxyl groups is 1. The van der Waals surface area contributed by atoms with E-state index in [4.69, 9.17) is 5.11 Å². The fourth-order valence-electron chi connectivity index (χ4n) is 2.15. The summed E-state index contributed by atoms with van der Waals surface area (Å²) in [6.45, 7) is 2.77. The number of rotatable bonds is 2. The molecule has 90 valence electrons. The molecule has 17 heavy (non-hydrogen) atoms. The summed E-state index contributed by atoms with van der Waals surface area (Å²) in [4.78, 5) is 2.32. The van der Waals surface area contributed by atoms with E-state index in [1.807, 2.05) is 6.07 Å². The second-order valence-electron chi connectivity index (χ2n) is 4.29. The molecule has 1 aliphatic rings. The van der Waals surface area contributed by atoms with Gasteiger partial charge < -0.3 is 5.11 Å². The summed E-state index contributed by atoms with van der Waals surface area (Å²) in [5.74, 6) is 5.02. The molecule has 1 aromatic carbocycles. The van der Waals surface area contributed by atoms with Crippen LogP contribution in [0.2, 0.25) is 0 Å². The van der Waals surface area contributed by atoms with Gasteiger partial charge >= 0.3 is 0 Å². The third-order valence-electron chi connectivity index (χ3n) is 2.87. The molecule has 2 nitrogen and oxygen atoms in total. The van der Waals surface area contributed by atoms with E-state index in [1.165, 1.54) is 18.9 Å². The van der Waals surface area contributed by atoms with Crippen molar-refractivity contribution < 1.29 is 9.50 Å². The fourth-order valence-corrected chi connectivity index (χ4v) is 2.15. The number of halogens is 1. The number of aliphatic hydroxyl groups excluding tert-OH is 1. The highest BCUT2D eigenvalue weighted by Crippen LogP contribution is 2.15. The topological polar surface area (TPSA) is 23.5 Å². The van der Waals surface area contributed by atoms with E-state index in [0.29, 0.717) is 5.56 Å². The van der Waals surface area contributed by atoms with Crippen molar-refractivity contribution in [2.24, 2.45) is 0 Å². The van der Waals surface area contributed by atoms with E-state index < -0.39 is 0 Å². The monoisotopic (exact) mass is 233 g/mol. The van der Waals surface area contributed by atoms with Gasteiger partial charge in [0.1, 0.15) is 12.4 Å². The van der Waals surface area contributed by atoms with Gasteiger partial charge in [0.25, 0.3) is 0 Å². The minimum atomic E-state index is -0.260. The van der Waals surface area contributed by atoms with Gasteiger partial charge in [-0.3, -0.25) is 4.90 Å². The molecule has 1 aromatic rings. The summed E-state index contributed by atoms with van der Waals surface area (Å²) in [6, 6.07) is 4.85. The van der Waals surface area contributed by atoms with E-state index >= 15 is 0 Å². The maximum Gasteiger partial charge on any atom is 0.124 e. The van der Waals surface area contributed by atoms with Gasteiger partial charge in [-0.15, -0.1) is 0 Å². The number of nitrogens with zero attached hydrogens (tertiary/aromatic N) is 1. The average Bonchev–Trinajstić information content (AvgIpc) is 2.78. The Hall–Kier alpha value is -1.37. The van der Waals surface area contributed by atoms with Crippen molar-refractivity contribution in [3.8, 4) is 11.8 Å². The quantitative estimate of drug-likeness (QED) is 0.787. The number of hydrogen-bond acceptors (Lipinski definition) is 2. The van der Waals surface area contributed by atoms with Gasteiger partial charge in [0.15, 0.2) is 0 Å². The molecule has 0 bridgehead atoms. The Balaban J connectivity index is 2.12. The summed E-state index contributed by atoms with van der Waals surface area (Å²) in [5, 5.41) is 8.62. The Morgan fingerprint density at radius 2 is 2.00 bits per heavy atom. The van der Waals surface area contributed by atoms with E-state index in [9.17, 15) is 4.39 Å². The number of benzene rings is 1. The van der Waals surface area contributed by atoms with Crippen LogP contribution in [0.3, 0.4) is 0 Å². The second kappa shape index (κ2) is 5.81. The van der Waals surface area contributed by atoms with Crippen LogP contribution in [0.1, 0.15) is 24.0 Å². The van der Waals surface area contributed by atoms with Crippen LogP contribution in [0, 0.1) is 17.7 Å². The number of hydrogen-bond donors (Lipinski definition) is 1. The molecule has 1 saturated heterocycles. The molecule has 0 amide bonds. The molecule has 1 heterocycles. The molecule has 0 spiro atoms. The first-order chi connectivity index (χ1) is 8.28. The third-order valence-corrected chi connectivity index (χ3v) is 2.87. The van der Waals surface area contributed by atoms with Crippen LogP contribution in [0.25, 0.3) is 0 Å². The van der Waals surface area contributed by atoms with Crippen LogP contribution in [-0.4, -0.2) is 29.7 Å². The highest BCUT2D eigenvalue weighted by Gasteiger charge is 2.12. The van der Waals surface area contributed by atoms with Crippen molar-refractivity contribution in [2.75, 3.05) is 19.7 Å². The summed E-state index contributed by atoms with van der Waals surface area (Å²) >= 11 is 0. The molecule has 0 unspecified atom stereocenters. The van der Waals surface area contributed by atoms with Crippen LogP contribution in [-0.2, 0) is 6.54 Å². The van der Waals surface area contributed by atoms with Crippen molar-refractivity contribution in [3.05, 3.63) is 35.1 Å². The van der Waals surface area contributed by atoms with Crippen LogP contribution < -0.4 is 0 Å². The molecule has 0 radical (unpaired) electrons. The van der Waals surface area contributed by atoms with Gasteiger partial charge in [0, 0.05) is 12.1 Å². The Bertz CT molecular complexity index is 441. The van der Waals surface area contributed by atoms with E-state index in [0.717, 1.165) is 25.2 Å². The lowest BCUT2D eigenvalue weighted by molar-refractivity contribution is 0.331. The first-order valence-corrected chi connectivity index (χ1v) is 5.89. The van der Waals surface area contributed by atoms with Gasteiger partial charge in [-0.1, -0.05) is 11.8 Å². The zero-order chi connectivity index (χ0) is 12.1. The molecule has 1 fully saturated rings. The summed E-state index contributed by atoms with van der Waals surface area (Å²) in [6.07, 6.45) is 2.46. The maximum atomic E-state index is 13.4. The molecule has 3 heteroatoms. The smallest absolute Gasteiger partial charge is 0.124 e. The van der Waals surface area contributed by atoms with E-state index in [1.54, 1.807) is 6.07 Å². The highest BCUT2D eigenvalue weighted by atomic mass is 19.1. The zero-order valence-electron chi connectivity index (χ0n) is 9.75. The molecular formula is C14H16FNO. The number of likely N-dealkylation sites (tertiary alicyclic amines) is 1. The zero-order valence-corrected chi connectivity index (χ0v) is 9.75. The normalized spacial score (nSPS) is 15.6. The maximum absolute atomic E-state index is 13.4. The molecule has 2 rings (SSSR count). The van der Waals surface area contributed by atoms with Crippen LogP contribution >= 0.6 is 0 Å². The van der Waals surface area contributed by atoms with Gasteiger partial charge in [-0.05, 0) is 49.7 Å². The highest BCUT2D eigenvalue weighted by molar-refractivity contribution is 5.37. The second-order valence-corrected chi connectivity index (χ2v) is 4.29. The molecule has 0 saturated carbocycles. The molecule has 0 atom stereocenters. The van der Waals surface area contributed by atoms with Crippen molar-refractivity contribution in [3.63, 3.8) is 0 Å². The van der Waals surface area contributed by atoms with Crippen LogP contribution in [0.5, 0.6) is 0 Å². The Morgan fingerprint density at radius 1 is 1.24 bits per heavy atom. The summed E-state index contributed by atoms with van der Waals surface area (Å²) in [7, 11) is 0. The predicted molar refractivity (Wildman–Crippen MR) is 64.9 cm³/mol. The fraction of sp³-hybridized carbons (Fsp3) is 0.429. The van der Waals surface area contributed by atoms with Gasteiger partial charge in [-0.2, -0.15) is 0 Å². The lowest BCUT2D eigenvalue weighted by Crippen LogP contribution is -2.18. The minimum Gasteiger partial charge on any atom is -0.384 e. The molecular weight excluding hydrogens is 217 g/mol. The van der Waals surface area contributed by atoms with Gasteiger partial charge in [0.05, 0.1) is 0 Å². The van der Waals surface area contributed by atoms with Crippen molar-refractivity contribution >= 4 is 0 Å². The Labute approximate surface area is 101 Å².